The molecule has 1 rings (SSSR count). The van der Waals surface area contributed by atoms with Crippen molar-refractivity contribution in [2.45, 2.75) is 19.3 Å². The summed E-state index contributed by atoms with van der Waals surface area (Å²) in [7, 11) is 0. The van der Waals surface area contributed by atoms with Gasteiger partial charge in [-0.2, -0.15) is 0 Å². The zero-order valence-corrected chi connectivity index (χ0v) is 8.90. The van der Waals surface area contributed by atoms with E-state index in [9.17, 15) is 4.79 Å². The Bertz CT molecular complexity index is 394. The summed E-state index contributed by atoms with van der Waals surface area (Å²) in [5.41, 5.74) is 7.03. The number of allylic oxidation sites excluding steroid dienone is 1. The minimum absolute atomic E-state index is 0.326. The number of carbonyl (C=O) groups is 1. The van der Waals surface area contributed by atoms with Gasteiger partial charge >= 0.3 is 5.97 Å². The summed E-state index contributed by atoms with van der Waals surface area (Å²) in [6, 6.07) is 7.45. The summed E-state index contributed by atoms with van der Waals surface area (Å²) in [4.78, 5) is 10.4. The smallest absolute Gasteiger partial charge is 0.328 e. The Morgan fingerprint density at radius 1 is 1.47 bits per heavy atom. The number of anilines is 1. The Kier molecular flexibility index (Phi) is 3.14. The van der Waals surface area contributed by atoms with Crippen molar-refractivity contribution in [1.82, 2.24) is 0 Å². The molecule has 3 nitrogen and oxygen atoms in total. The van der Waals surface area contributed by atoms with E-state index >= 15 is 0 Å². The molecule has 0 amide bonds. The molecule has 3 N–H and O–H groups in total. The number of nitrogens with two attached hydrogens (primary N) is 1. The van der Waals surface area contributed by atoms with Crippen LogP contribution in [-0.4, -0.2) is 11.1 Å². The third-order valence-corrected chi connectivity index (χ3v) is 2.27. The zero-order valence-electron chi connectivity index (χ0n) is 8.90. The van der Waals surface area contributed by atoms with Gasteiger partial charge in [-0.15, -0.1) is 0 Å². The van der Waals surface area contributed by atoms with Crippen molar-refractivity contribution >= 4 is 11.7 Å². The molecule has 15 heavy (non-hydrogen) atoms. The fourth-order valence-corrected chi connectivity index (χ4v) is 1.32. The molecule has 0 radical (unpaired) electrons. The highest BCUT2D eigenvalue weighted by atomic mass is 16.4. The van der Waals surface area contributed by atoms with Gasteiger partial charge in [-0.25, -0.2) is 4.79 Å². The first-order chi connectivity index (χ1) is 6.92. The van der Waals surface area contributed by atoms with Gasteiger partial charge in [-0.05, 0) is 17.7 Å². The summed E-state index contributed by atoms with van der Waals surface area (Å²) in [6.45, 7) is 3.89. The van der Waals surface area contributed by atoms with Crippen molar-refractivity contribution < 1.29 is 9.90 Å². The van der Waals surface area contributed by atoms with Crippen molar-refractivity contribution in [2.75, 3.05) is 5.73 Å². The lowest BCUT2D eigenvalue weighted by Gasteiger charge is -2.20. The zero-order chi connectivity index (χ0) is 11.5. The third-order valence-electron chi connectivity index (χ3n) is 2.27. The monoisotopic (exact) mass is 205 g/mol. The predicted octanol–water partition coefficient (Wildman–Crippen LogP) is 2.19. The number of carboxylic acids is 1. The van der Waals surface area contributed by atoms with E-state index in [-0.39, 0.29) is 5.41 Å². The van der Waals surface area contributed by atoms with Crippen molar-refractivity contribution in [3.8, 4) is 0 Å². The Morgan fingerprint density at radius 2 is 2.13 bits per heavy atom. The molecule has 0 heterocycles. The lowest BCUT2D eigenvalue weighted by atomic mass is 9.84. The van der Waals surface area contributed by atoms with Gasteiger partial charge in [0.2, 0.25) is 0 Å². The maximum Gasteiger partial charge on any atom is 0.328 e. The number of benzene rings is 1. The molecule has 3 heteroatoms. The number of hydrogen-bond donors (Lipinski definition) is 2. The van der Waals surface area contributed by atoms with E-state index in [0.29, 0.717) is 5.69 Å². The van der Waals surface area contributed by atoms with E-state index in [4.69, 9.17) is 10.8 Å². The maximum absolute atomic E-state index is 10.4. The van der Waals surface area contributed by atoms with Gasteiger partial charge in [0, 0.05) is 17.2 Å². The minimum atomic E-state index is -0.938. The average Bonchev–Trinajstić information content (AvgIpc) is 2.15. The molecule has 80 valence electrons. The minimum Gasteiger partial charge on any atom is -0.478 e. The maximum atomic E-state index is 10.4. The highest BCUT2D eigenvalue weighted by molar-refractivity contribution is 5.80. The van der Waals surface area contributed by atoms with E-state index in [1.165, 1.54) is 0 Å². The molecule has 0 aliphatic carbocycles. The predicted molar refractivity (Wildman–Crippen MR) is 60.7 cm³/mol. The quantitative estimate of drug-likeness (QED) is 0.587. The molecular formula is C12H15NO2. The van der Waals surface area contributed by atoms with Crippen LogP contribution in [0.15, 0.2) is 36.4 Å². The summed E-state index contributed by atoms with van der Waals surface area (Å²) in [5, 5.41) is 8.57. The van der Waals surface area contributed by atoms with Crippen LogP contribution in [0.5, 0.6) is 0 Å². The van der Waals surface area contributed by atoms with Crippen LogP contribution in [0.25, 0.3) is 0 Å². The molecule has 0 aromatic heterocycles. The van der Waals surface area contributed by atoms with Crippen LogP contribution in [0, 0.1) is 0 Å². The number of nitrogen functional groups attached to an aromatic ring is 1. The van der Waals surface area contributed by atoms with Gasteiger partial charge < -0.3 is 10.8 Å². The summed E-state index contributed by atoms with van der Waals surface area (Å²) < 4.78 is 0. The number of carboxylic acid groups (broad SMARTS) is 1. The van der Waals surface area contributed by atoms with Crippen molar-refractivity contribution in [2.24, 2.45) is 0 Å². The lowest BCUT2D eigenvalue weighted by Crippen LogP contribution is -2.14. The second kappa shape index (κ2) is 4.17. The van der Waals surface area contributed by atoms with E-state index in [2.05, 4.69) is 0 Å². The molecule has 1 aromatic carbocycles. The van der Waals surface area contributed by atoms with E-state index in [0.717, 1.165) is 11.6 Å². The fourth-order valence-electron chi connectivity index (χ4n) is 1.32. The van der Waals surface area contributed by atoms with Gasteiger partial charge in [0.05, 0.1) is 0 Å². The van der Waals surface area contributed by atoms with E-state index < -0.39 is 5.97 Å². The van der Waals surface area contributed by atoms with Gasteiger partial charge in [-0.3, -0.25) is 0 Å². The van der Waals surface area contributed by atoms with Gasteiger partial charge in [0.25, 0.3) is 0 Å². The largest absolute Gasteiger partial charge is 0.478 e. The first kappa shape index (κ1) is 11.3. The molecule has 0 saturated carbocycles. The molecule has 0 saturated heterocycles. The standard InChI is InChI=1S/C12H15NO2/c1-12(2,7-6-11(14)15)9-4-3-5-10(13)8-9/h3-8H,13H2,1-2H3,(H,14,15). The first-order valence-electron chi connectivity index (χ1n) is 4.70. The normalized spacial score (nSPS) is 11.9. The van der Waals surface area contributed by atoms with Crippen molar-refractivity contribution in [3.63, 3.8) is 0 Å². The van der Waals surface area contributed by atoms with Gasteiger partial charge in [-0.1, -0.05) is 32.1 Å². The average molecular weight is 205 g/mol. The molecule has 0 bridgehead atoms. The SMILES string of the molecule is CC(C)(C=CC(=O)O)c1cccc(N)c1. The molecule has 0 fully saturated rings. The molecule has 0 aliphatic rings. The molecule has 0 spiro atoms. The number of aliphatic carboxylic acids is 1. The van der Waals surface area contributed by atoms with E-state index in [1.54, 1.807) is 12.1 Å². The van der Waals surface area contributed by atoms with E-state index in [1.807, 2.05) is 32.0 Å². The third kappa shape index (κ3) is 3.13. The van der Waals surface area contributed by atoms with Crippen LogP contribution in [0.1, 0.15) is 19.4 Å². The van der Waals surface area contributed by atoms with Crippen LogP contribution in [-0.2, 0) is 10.2 Å². The molecule has 0 unspecified atom stereocenters. The Balaban J connectivity index is 3.00. The summed E-state index contributed by atoms with van der Waals surface area (Å²) in [6.07, 6.45) is 2.81. The van der Waals surface area contributed by atoms with Crippen LogP contribution in [0.2, 0.25) is 0 Å². The molecule has 0 aliphatic heterocycles. The number of hydrogen-bond acceptors (Lipinski definition) is 2. The summed E-state index contributed by atoms with van der Waals surface area (Å²) in [5.74, 6) is -0.938. The summed E-state index contributed by atoms with van der Waals surface area (Å²) >= 11 is 0. The van der Waals surface area contributed by atoms with Crippen molar-refractivity contribution in [1.29, 1.82) is 0 Å². The molecule has 1 aromatic rings. The number of rotatable bonds is 3. The van der Waals surface area contributed by atoms with Crippen LogP contribution < -0.4 is 5.73 Å². The topological polar surface area (TPSA) is 63.3 Å². The second-order valence-corrected chi connectivity index (χ2v) is 4.02. The Labute approximate surface area is 89.2 Å². The highest BCUT2D eigenvalue weighted by Crippen LogP contribution is 2.25. The highest BCUT2D eigenvalue weighted by Gasteiger charge is 2.17. The van der Waals surface area contributed by atoms with Gasteiger partial charge in [0.15, 0.2) is 0 Å². The van der Waals surface area contributed by atoms with Crippen LogP contribution in [0.3, 0.4) is 0 Å². The van der Waals surface area contributed by atoms with Gasteiger partial charge in [0.1, 0.15) is 0 Å². The van der Waals surface area contributed by atoms with Crippen LogP contribution >= 0.6 is 0 Å². The lowest BCUT2D eigenvalue weighted by molar-refractivity contribution is -0.131. The molecular weight excluding hydrogens is 190 g/mol. The fraction of sp³-hybridized carbons (Fsp3) is 0.250. The molecule has 0 atom stereocenters. The van der Waals surface area contributed by atoms with Crippen molar-refractivity contribution in [3.05, 3.63) is 42.0 Å². The van der Waals surface area contributed by atoms with Crippen LogP contribution in [0.4, 0.5) is 5.69 Å². The first-order valence-corrected chi connectivity index (χ1v) is 4.70. The Morgan fingerprint density at radius 3 is 2.67 bits per heavy atom. The Hall–Kier alpha value is -1.77. The second-order valence-electron chi connectivity index (χ2n) is 4.02.